The first-order valence-corrected chi connectivity index (χ1v) is 7.43. The molecule has 0 aromatic carbocycles. The number of nitrogens with one attached hydrogen (secondary N) is 2. The molecule has 0 saturated carbocycles. The monoisotopic (exact) mass is 428 g/mol. The number of halogens is 1. The smallest absolute Gasteiger partial charge is 0.191 e. The lowest BCUT2D eigenvalue weighted by molar-refractivity contribution is 0.0733. The molecule has 0 radical (unpaired) electrons. The number of aryl methyl sites for hydroxylation is 2. The molecule has 0 atom stereocenters. The molecular weight excluding hydrogens is 403 g/mol. The summed E-state index contributed by atoms with van der Waals surface area (Å²) in [6.07, 6.45) is 0. The Morgan fingerprint density at radius 1 is 1.24 bits per heavy atom. The molecule has 1 aromatic rings. The number of nitrogens with zero attached hydrogens (tertiary/aromatic N) is 2. The highest BCUT2D eigenvalue weighted by Crippen LogP contribution is 2.15. The maximum absolute atomic E-state index is 5.37. The van der Waals surface area contributed by atoms with Gasteiger partial charge in [-0.05, 0) is 13.8 Å². The van der Waals surface area contributed by atoms with E-state index in [1.165, 1.54) is 4.88 Å². The minimum Gasteiger partial charge on any atom is -0.382 e. The van der Waals surface area contributed by atoms with E-state index in [9.17, 15) is 0 Å². The Morgan fingerprint density at radius 3 is 2.57 bits per heavy atom. The lowest BCUT2D eigenvalue weighted by Gasteiger charge is -2.11. The van der Waals surface area contributed by atoms with Crippen molar-refractivity contribution in [3.8, 4) is 0 Å². The third kappa shape index (κ3) is 8.54. The summed E-state index contributed by atoms with van der Waals surface area (Å²) in [5.41, 5.74) is 1.10. The number of methoxy groups -OCH3 is 1. The maximum atomic E-state index is 5.37. The number of thiazole rings is 1. The maximum Gasteiger partial charge on any atom is 0.191 e. The summed E-state index contributed by atoms with van der Waals surface area (Å²) < 4.78 is 10.3. The Hall–Kier alpha value is -0.450. The van der Waals surface area contributed by atoms with E-state index in [0.717, 1.165) is 16.7 Å². The van der Waals surface area contributed by atoms with Gasteiger partial charge in [0.2, 0.25) is 0 Å². The van der Waals surface area contributed by atoms with Gasteiger partial charge in [-0.1, -0.05) is 0 Å². The fourth-order valence-electron chi connectivity index (χ4n) is 1.48. The van der Waals surface area contributed by atoms with E-state index in [0.29, 0.717) is 32.9 Å². The molecule has 2 N–H and O–H groups in total. The van der Waals surface area contributed by atoms with Gasteiger partial charge in [0.25, 0.3) is 0 Å². The lowest BCUT2D eigenvalue weighted by Crippen LogP contribution is -2.38. The normalized spacial score (nSPS) is 11.1. The molecule has 0 unspecified atom stereocenters. The molecule has 21 heavy (non-hydrogen) atoms. The molecule has 0 saturated heterocycles. The third-order valence-electron chi connectivity index (χ3n) is 2.67. The van der Waals surface area contributed by atoms with Crippen LogP contribution in [0.1, 0.15) is 15.6 Å². The van der Waals surface area contributed by atoms with Crippen LogP contribution < -0.4 is 10.6 Å². The van der Waals surface area contributed by atoms with Crippen molar-refractivity contribution in [2.24, 2.45) is 4.99 Å². The second-order valence-corrected chi connectivity index (χ2v) is 5.49. The zero-order valence-corrected chi connectivity index (χ0v) is 16.2. The number of guanidine groups is 1. The standard InChI is InChI=1S/C13H24N4O2S.HI/c1-10-11(2)20-12(17-10)9-16-13(14-3)15-5-6-19-8-7-18-4;/h5-9H2,1-4H3,(H2,14,15,16);1H. The summed E-state index contributed by atoms with van der Waals surface area (Å²) in [6, 6.07) is 0. The van der Waals surface area contributed by atoms with E-state index in [-0.39, 0.29) is 24.0 Å². The predicted molar refractivity (Wildman–Crippen MR) is 97.9 cm³/mol. The summed E-state index contributed by atoms with van der Waals surface area (Å²) in [4.78, 5) is 9.90. The van der Waals surface area contributed by atoms with Crippen LogP contribution in [-0.2, 0) is 16.0 Å². The van der Waals surface area contributed by atoms with Gasteiger partial charge in [0, 0.05) is 25.6 Å². The van der Waals surface area contributed by atoms with Gasteiger partial charge in [0.1, 0.15) is 5.01 Å². The summed E-state index contributed by atoms with van der Waals surface area (Å²) >= 11 is 1.71. The molecule has 0 amide bonds. The van der Waals surface area contributed by atoms with Crippen LogP contribution in [0, 0.1) is 13.8 Å². The van der Waals surface area contributed by atoms with Crippen LogP contribution >= 0.6 is 35.3 Å². The molecule has 122 valence electrons. The fraction of sp³-hybridized carbons (Fsp3) is 0.692. The highest BCUT2D eigenvalue weighted by molar-refractivity contribution is 14.0. The van der Waals surface area contributed by atoms with Crippen molar-refractivity contribution in [3.63, 3.8) is 0 Å². The van der Waals surface area contributed by atoms with Crippen LogP contribution in [0.2, 0.25) is 0 Å². The molecule has 0 spiro atoms. The van der Waals surface area contributed by atoms with Gasteiger partial charge in [-0.25, -0.2) is 4.98 Å². The SMILES string of the molecule is CN=C(NCCOCCOC)NCc1nc(C)c(C)s1.I. The highest BCUT2D eigenvalue weighted by atomic mass is 127. The quantitative estimate of drug-likeness (QED) is 0.286. The largest absolute Gasteiger partial charge is 0.382 e. The molecule has 1 heterocycles. The number of rotatable bonds is 8. The van der Waals surface area contributed by atoms with E-state index < -0.39 is 0 Å². The molecule has 0 aliphatic heterocycles. The minimum atomic E-state index is 0. The summed E-state index contributed by atoms with van der Waals surface area (Å²) in [5.74, 6) is 0.755. The zero-order chi connectivity index (χ0) is 14.8. The van der Waals surface area contributed by atoms with Gasteiger partial charge in [-0.2, -0.15) is 0 Å². The van der Waals surface area contributed by atoms with Crippen molar-refractivity contribution in [2.45, 2.75) is 20.4 Å². The van der Waals surface area contributed by atoms with Crippen LogP contribution in [-0.4, -0.2) is 51.5 Å². The molecule has 8 heteroatoms. The molecule has 0 aliphatic carbocycles. The topological polar surface area (TPSA) is 67.8 Å². The molecule has 0 bridgehead atoms. The van der Waals surface area contributed by atoms with E-state index in [2.05, 4.69) is 27.5 Å². The predicted octanol–water partition coefficient (Wildman–Crippen LogP) is 1.71. The van der Waals surface area contributed by atoms with Crippen LogP contribution in [0.5, 0.6) is 0 Å². The van der Waals surface area contributed by atoms with Crippen molar-refractivity contribution in [1.82, 2.24) is 15.6 Å². The number of hydrogen-bond donors (Lipinski definition) is 2. The van der Waals surface area contributed by atoms with Gasteiger partial charge < -0.3 is 20.1 Å². The van der Waals surface area contributed by atoms with Crippen molar-refractivity contribution in [3.05, 3.63) is 15.6 Å². The van der Waals surface area contributed by atoms with E-state index >= 15 is 0 Å². The van der Waals surface area contributed by atoms with Crippen LogP contribution in [0.15, 0.2) is 4.99 Å². The van der Waals surface area contributed by atoms with Gasteiger partial charge >= 0.3 is 0 Å². The number of aliphatic imine (C=N–C) groups is 1. The van der Waals surface area contributed by atoms with Crippen LogP contribution in [0.25, 0.3) is 0 Å². The minimum absolute atomic E-state index is 0. The van der Waals surface area contributed by atoms with Crippen molar-refractivity contribution < 1.29 is 9.47 Å². The van der Waals surface area contributed by atoms with Gasteiger partial charge in [-0.3, -0.25) is 4.99 Å². The highest BCUT2D eigenvalue weighted by Gasteiger charge is 2.04. The van der Waals surface area contributed by atoms with Crippen LogP contribution in [0.4, 0.5) is 0 Å². The molecule has 1 aromatic heterocycles. The molecule has 0 aliphatic rings. The second-order valence-electron chi connectivity index (χ2n) is 4.21. The second kappa shape index (κ2) is 12.1. The Kier molecular flexibility index (Phi) is 11.9. The molecule has 6 nitrogen and oxygen atoms in total. The number of hydrogen-bond acceptors (Lipinski definition) is 5. The summed E-state index contributed by atoms with van der Waals surface area (Å²) in [6.45, 7) is 7.36. The third-order valence-corrected chi connectivity index (χ3v) is 3.75. The summed E-state index contributed by atoms with van der Waals surface area (Å²) in [5, 5.41) is 7.49. The zero-order valence-electron chi connectivity index (χ0n) is 13.1. The Balaban J connectivity index is 0.00000400. The van der Waals surface area contributed by atoms with Gasteiger partial charge in [0.15, 0.2) is 5.96 Å². The van der Waals surface area contributed by atoms with Crippen molar-refractivity contribution in [1.29, 1.82) is 0 Å². The molecular formula is C13H25IN4O2S. The Labute approximate surface area is 147 Å². The van der Waals surface area contributed by atoms with Gasteiger partial charge in [-0.15, -0.1) is 35.3 Å². The first kappa shape index (κ1) is 20.6. The molecule has 1 rings (SSSR count). The van der Waals surface area contributed by atoms with Crippen molar-refractivity contribution in [2.75, 3.05) is 40.5 Å². The Morgan fingerprint density at radius 2 is 2.00 bits per heavy atom. The van der Waals surface area contributed by atoms with Gasteiger partial charge in [0.05, 0.1) is 32.1 Å². The van der Waals surface area contributed by atoms with Crippen molar-refractivity contribution >= 4 is 41.3 Å². The van der Waals surface area contributed by atoms with Crippen LogP contribution in [0.3, 0.4) is 0 Å². The average Bonchev–Trinajstić information content (AvgIpc) is 2.76. The van der Waals surface area contributed by atoms with E-state index in [4.69, 9.17) is 9.47 Å². The fourth-order valence-corrected chi connectivity index (χ4v) is 2.35. The first-order chi connectivity index (χ1) is 9.67. The average molecular weight is 428 g/mol. The lowest BCUT2D eigenvalue weighted by atomic mass is 10.4. The Bertz CT molecular complexity index is 407. The number of ether oxygens (including phenoxy) is 2. The number of aromatic nitrogens is 1. The first-order valence-electron chi connectivity index (χ1n) is 6.61. The van der Waals surface area contributed by atoms with E-state index in [1.54, 1.807) is 25.5 Å². The summed E-state index contributed by atoms with van der Waals surface area (Å²) in [7, 11) is 3.41. The van der Waals surface area contributed by atoms with E-state index in [1.807, 2.05) is 6.92 Å². The molecule has 0 fully saturated rings.